The average molecular weight is 466 g/mol. The Bertz CT molecular complexity index is 1060. The van der Waals surface area contributed by atoms with Crippen LogP contribution in [-0.2, 0) is 11.4 Å². The smallest absolute Gasteiger partial charge is 0.248 e. The molecule has 4 nitrogen and oxygen atoms in total. The van der Waals surface area contributed by atoms with Gasteiger partial charge in [-0.2, -0.15) is 0 Å². The van der Waals surface area contributed by atoms with Crippen LogP contribution in [0.2, 0.25) is 0 Å². The van der Waals surface area contributed by atoms with E-state index in [1.54, 1.807) is 13.2 Å². The van der Waals surface area contributed by atoms with Gasteiger partial charge in [0.05, 0.1) is 11.6 Å². The Kier molecular flexibility index (Phi) is 7.31. The summed E-state index contributed by atoms with van der Waals surface area (Å²) in [5, 5.41) is 2.91. The molecule has 0 radical (unpaired) electrons. The first-order valence-electron chi connectivity index (χ1n) is 9.57. The van der Waals surface area contributed by atoms with Gasteiger partial charge in [-0.05, 0) is 70.7 Å². The van der Waals surface area contributed by atoms with Crippen molar-refractivity contribution < 1.29 is 14.3 Å². The highest BCUT2D eigenvalue weighted by Gasteiger charge is 2.11. The first kappa shape index (κ1) is 21.7. The molecule has 0 aliphatic rings. The normalized spacial score (nSPS) is 10.8. The number of hydrogen-bond donors (Lipinski definition) is 1. The van der Waals surface area contributed by atoms with Crippen molar-refractivity contribution in [1.29, 1.82) is 0 Å². The lowest BCUT2D eigenvalue weighted by Crippen LogP contribution is -2.09. The third kappa shape index (κ3) is 5.74. The Morgan fingerprint density at radius 2 is 1.83 bits per heavy atom. The second-order valence-electron chi connectivity index (χ2n) is 6.95. The number of benzene rings is 3. The van der Waals surface area contributed by atoms with Gasteiger partial charge in [0.1, 0.15) is 6.61 Å². The molecule has 0 aromatic heterocycles. The highest BCUT2D eigenvalue weighted by atomic mass is 79.9. The van der Waals surface area contributed by atoms with E-state index in [9.17, 15) is 4.79 Å². The number of rotatable bonds is 7. The maximum atomic E-state index is 12.3. The Hall–Kier alpha value is -3.05. The summed E-state index contributed by atoms with van der Waals surface area (Å²) in [7, 11) is 1.59. The molecule has 3 rings (SSSR count). The van der Waals surface area contributed by atoms with E-state index < -0.39 is 0 Å². The quantitative estimate of drug-likeness (QED) is 0.416. The molecule has 1 N–H and O–H groups in total. The molecule has 0 aliphatic heterocycles. The van der Waals surface area contributed by atoms with Crippen LogP contribution in [-0.4, -0.2) is 13.0 Å². The topological polar surface area (TPSA) is 47.6 Å². The van der Waals surface area contributed by atoms with E-state index in [4.69, 9.17) is 9.47 Å². The minimum Gasteiger partial charge on any atom is -0.493 e. The standard InChI is InChI=1S/C25H24BrNO3/c1-17-9-11-22(18(2)13-17)27-24(28)12-10-20-14-21(26)25(23(15-20)29-3)30-16-19-7-5-4-6-8-19/h4-15H,16H2,1-3H3,(H,27,28)/b12-10+. The third-order valence-electron chi connectivity index (χ3n) is 4.54. The largest absolute Gasteiger partial charge is 0.493 e. The van der Waals surface area contributed by atoms with Crippen LogP contribution >= 0.6 is 15.9 Å². The highest BCUT2D eigenvalue weighted by Crippen LogP contribution is 2.37. The lowest BCUT2D eigenvalue weighted by molar-refractivity contribution is -0.111. The van der Waals surface area contributed by atoms with Crippen molar-refractivity contribution >= 4 is 33.6 Å². The maximum absolute atomic E-state index is 12.3. The van der Waals surface area contributed by atoms with Gasteiger partial charge >= 0.3 is 0 Å². The number of nitrogens with one attached hydrogen (secondary N) is 1. The average Bonchev–Trinajstić information content (AvgIpc) is 2.74. The van der Waals surface area contributed by atoms with Crippen LogP contribution in [0.4, 0.5) is 5.69 Å². The van der Waals surface area contributed by atoms with Crippen LogP contribution in [0, 0.1) is 13.8 Å². The number of amides is 1. The second-order valence-corrected chi connectivity index (χ2v) is 7.80. The number of aryl methyl sites for hydroxylation is 2. The lowest BCUT2D eigenvalue weighted by Gasteiger charge is -2.13. The summed E-state index contributed by atoms with van der Waals surface area (Å²) >= 11 is 3.55. The van der Waals surface area contributed by atoms with Gasteiger partial charge in [0.25, 0.3) is 0 Å². The molecule has 0 heterocycles. The minimum atomic E-state index is -0.193. The van der Waals surface area contributed by atoms with E-state index in [1.807, 2.05) is 74.5 Å². The van der Waals surface area contributed by atoms with E-state index >= 15 is 0 Å². The van der Waals surface area contributed by atoms with Gasteiger partial charge in [-0.25, -0.2) is 0 Å². The van der Waals surface area contributed by atoms with Crippen LogP contribution < -0.4 is 14.8 Å². The van der Waals surface area contributed by atoms with E-state index in [-0.39, 0.29) is 5.91 Å². The predicted molar refractivity (Wildman–Crippen MR) is 125 cm³/mol. The molecule has 0 unspecified atom stereocenters. The van der Waals surface area contributed by atoms with Crippen LogP contribution in [0.25, 0.3) is 6.08 Å². The van der Waals surface area contributed by atoms with Crippen LogP contribution in [0.3, 0.4) is 0 Å². The molecule has 0 spiro atoms. The van der Waals surface area contributed by atoms with Crippen molar-refractivity contribution in [3.63, 3.8) is 0 Å². The summed E-state index contributed by atoms with van der Waals surface area (Å²) < 4.78 is 12.2. The zero-order valence-corrected chi connectivity index (χ0v) is 18.8. The molecule has 3 aromatic carbocycles. The van der Waals surface area contributed by atoms with Crippen molar-refractivity contribution in [1.82, 2.24) is 0 Å². The fourth-order valence-corrected chi connectivity index (χ4v) is 3.58. The van der Waals surface area contributed by atoms with Gasteiger partial charge in [-0.15, -0.1) is 0 Å². The van der Waals surface area contributed by atoms with Crippen LogP contribution in [0.15, 0.2) is 71.2 Å². The van der Waals surface area contributed by atoms with Gasteiger partial charge in [0, 0.05) is 11.8 Å². The molecular weight excluding hydrogens is 442 g/mol. The summed E-state index contributed by atoms with van der Waals surface area (Å²) in [5.41, 5.74) is 4.88. The predicted octanol–water partition coefficient (Wildman–Crippen LogP) is 6.31. The lowest BCUT2D eigenvalue weighted by atomic mass is 10.1. The van der Waals surface area contributed by atoms with Crippen LogP contribution in [0.5, 0.6) is 11.5 Å². The Balaban J connectivity index is 1.71. The minimum absolute atomic E-state index is 0.193. The summed E-state index contributed by atoms with van der Waals surface area (Å²) in [6.45, 7) is 4.43. The number of methoxy groups -OCH3 is 1. The maximum Gasteiger partial charge on any atom is 0.248 e. The molecule has 30 heavy (non-hydrogen) atoms. The molecule has 0 bridgehead atoms. The van der Waals surface area contributed by atoms with Crippen molar-refractivity contribution in [2.45, 2.75) is 20.5 Å². The number of carbonyl (C=O) groups excluding carboxylic acids is 1. The first-order valence-corrected chi connectivity index (χ1v) is 10.4. The van der Waals surface area contributed by atoms with Gasteiger partial charge < -0.3 is 14.8 Å². The van der Waals surface area contributed by atoms with Gasteiger partial charge in [-0.3, -0.25) is 4.79 Å². The zero-order chi connectivity index (χ0) is 21.5. The zero-order valence-electron chi connectivity index (χ0n) is 17.2. The van der Waals surface area contributed by atoms with Gasteiger partial charge in [0.2, 0.25) is 5.91 Å². The SMILES string of the molecule is COc1cc(/C=C/C(=O)Nc2ccc(C)cc2C)cc(Br)c1OCc1ccccc1. The summed E-state index contributed by atoms with van der Waals surface area (Å²) in [6, 6.07) is 19.6. The fourth-order valence-electron chi connectivity index (χ4n) is 3.01. The number of ether oxygens (including phenoxy) is 2. The molecule has 5 heteroatoms. The number of hydrogen-bond acceptors (Lipinski definition) is 3. The summed E-state index contributed by atoms with van der Waals surface area (Å²) in [4.78, 5) is 12.3. The Labute approximate surface area is 185 Å². The molecule has 0 fully saturated rings. The van der Waals surface area contributed by atoms with Crippen molar-refractivity contribution in [2.24, 2.45) is 0 Å². The Morgan fingerprint density at radius 3 is 2.53 bits per heavy atom. The van der Waals surface area contributed by atoms with Crippen molar-refractivity contribution in [2.75, 3.05) is 12.4 Å². The Morgan fingerprint density at radius 1 is 1.07 bits per heavy atom. The monoisotopic (exact) mass is 465 g/mol. The molecular formula is C25H24BrNO3. The number of anilines is 1. The summed E-state index contributed by atoms with van der Waals surface area (Å²) in [5.74, 6) is 1.02. The van der Waals surface area contributed by atoms with E-state index in [0.717, 1.165) is 32.4 Å². The van der Waals surface area contributed by atoms with Gasteiger partial charge in [-0.1, -0.05) is 48.0 Å². The fraction of sp³-hybridized carbons (Fsp3) is 0.160. The van der Waals surface area contributed by atoms with Crippen molar-refractivity contribution in [3.8, 4) is 11.5 Å². The molecule has 3 aromatic rings. The number of carbonyl (C=O) groups is 1. The van der Waals surface area contributed by atoms with E-state index in [1.165, 1.54) is 6.08 Å². The van der Waals surface area contributed by atoms with Crippen molar-refractivity contribution in [3.05, 3.63) is 93.5 Å². The molecule has 1 amide bonds. The number of halogens is 1. The van der Waals surface area contributed by atoms with E-state index in [0.29, 0.717) is 18.1 Å². The van der Waals surface area contributed by atoms with Gasteiger partial charge in [0.15, 0.2) is 11.5 Å². The molecule has 0 saturated carbocycles. The third-order valence-corrected chi connectivity index (χ3v) is 5.13. The molecule has 154 valence electrons. The summed E-state index contributed by atoms with van der Waals surface area (Å²) in [6.07, 6.45) is 3.25. The molecule has 0 saturated heterocycles. The first-order chi connectivity index (χ1) is 14.5. The van der Waals surface area contributed by atoms with Crippen LogP contribution in [0.1, 0.15) is 22.3 Å². The second kappa shape index (κ2) is 10.1. The molecule has 0 aliphatic carbocycles. The molecule has 0 atom stereocenters. The van der Waals surface area contributed by atoms with E-state index in [2.05, 4.69) is 21.2 Å². The highest BCUT2D eigenvalue weighted by molar-refractivity contribution is 9.10.